The first-order chi connectivity index (χ1) is 17.1. The van der Waals surface area contributed by atoms with Gasteiger partial charge in [-0.05, 0) is 30.5 Å². The maximum absolute atomic E-state index is 12.8. The van der Waals surface area contributed by atoms with E-state index in [9.17, 15) is 9.59 Å². The predicted molar refractivity (Wildman–Crippen MR) is 133 cm³/mol. The van der Waals surface area contributed by atoms with Crippen LogP contribution in [0, 0.1) is 5.92 Å². The molecule has 35 heavy (non-hydrogen) atoms. The Morgan fingerprint density at radius 2 is 1.89 bits per heavy atom. The molecule has 182 valence electrons. The molecule has 3 unspecified atom stereocenters. The van der Waals surface area contributed by atoms with Gasteiger partial charge in [-0.3, -0.25) is 15.4 Å². The highest BCUT2D eigenvalue weighted by atomic mass is 16.5. The Bertz CT molecular complexity index is 1180. The fraction of sp³-hybridized carbons (Fsp3) is 0.346. The molecule has 0 radical (unpaired) electrons. The molecular weight excluding hydrogens is 444 g/mol. The Hall–Kier alpha value is -3.85. The first kappa shape index (κ1) is 22.9. The van der Waals surface area contributed by atoms with Crippen LogP contribution in [-0.4, -0.2) is 34.9 Å². The minimum atomic E-state index is -0.545. The summed E-state index contributed by atoms with van der Waals surface area (Å²) in [6.45, 7) is 0.359. The summed E-state index contributed by atoms with van der Waals surface area (Å²) in [6, 6.07) is 18.8. The number of amides is 3. The molecule has 1 aromatic heterocycles. The number of benzene rings is 2. The first-order valence-corrected chi connectivity index (χ1v) is 12.0. The van der Waals surface area contributed by atoms with E-state index in [1.165, 1.54) is 0 Å². The summed E-state index contributed by atoms with van der Waals surface area (Å²) < 4.78 is 6.83. The van der Waals surface area contributed by atoms with E-state index >= 15 is 0 Å². The number of carbonyl (C=O) groups is 2. The summed E-state index contributed by atoms with van der Waals surface area (Å²) in [4.78, 5) is 25.6. The first-order valence-electron chi connectivity index (χ1n) is 12.0. The van der Waals surface area contributed by atoms with Crippen LogP contribution in [0.1, 0.15) is 37.5 Å². The van der Waals surface area contributed by atoms with Crippen molar-refractivity contribution in [3.8, 4) is 17.0 Å². The molecule has 1 saturated heterocycles. The second-order valence-corrected chi connectivity index (χ2v) is 8.96. The summed E-state index contributed by atoms with van der Waals surface area (Å²) in [5, 5.41) is 17.1. The molecule has 9 nitrogen and oxygen atoms in total. The van der Waals surface area contributed by atoms with Crippen LogP contribution in [-0.2, 0) is 11.3 Å². The molecule has 2 aromatic carbocycles. The van der Waals surface area contributed by atoms with Crippen molar-refractivity contribution in [2.75, 3.05) is 12.4 Å². The lowest BCUT2D eigenvalue weighted by Crippen LogP contribution is -2.59. The number of anilines is 1. The largest absolute Gasteiger partial charge is 0.497 e. The monoisotopic (exact) mass is 474 g/mol. The number of aromatic nitrogens is 2. The molecule has 2 heterocycles. The Labute approximate surface area is 204 Å². The van der Waals surface area contributed by atoms with E-state index in [1.807, 2.05) is 60.7 Å². The van der Waals surface area contributed by atoms with Crippen molar-refractivity contribution < 1.29 is 14.3 Å². The van der Waals surface area contributed by atoms with Crippen LogP contribution >= 0.6 is 0 Å². The van der Waals surface area contributed by atoms with Crippen molar-refractivity contribution in [2.24, 2.45) is 5.92 Å². The SMILES string of the molecule is COc1ccc(CNC(=O)Nc2cc(-c3ccccc3)nn2C2NC(=O)C3CCCCC3N2)cc1. The molecule has 9 heteroatoms. The van der Waals surface area contributed by atoms with E-state index in [1.54, 1.807) is 11.8 Å². The third kappa shape index (κ3) is 5.14. The van der Waals surface area contributed by atoms with Gasteiger partial charge in [-0.1, -0.05) is 55.3 Å². The van der Waals surface area contributed by atoms with Crippen molar-refractivity contribution in [1.29, 1.82) is 0 Å². The topological polar surface area (TPSA) is 109 Å². The molecule has 2 fully saturated rings. The highest BCUT2D eigenvalue weighted by Gasteiger charge is 2.38. The number of nitrogens with zero attached hydrogens (tertiary/aromatic N) is 2. The Balaban J connectivity index is 1.35. The van der Waals surface area contributed by atoms with E-state index in [-0.39, 0.29) is 23.9 Å². The van der Waals surface area contributed by atoms with Gasteiger partial charge in [-0.15, -0.1) is 0 Å². The number of rotatable bonds is 6. The fourth-order valence-electron chi connectivity index (χ4n) is 4.78. The van der Waals surface area contributed by atoms with Crippen LogP contribution in [0.2, 0.25) is 0 Å². The smallest absolute Gasteiger partial charge is 0.320 e. The second-order valence-electron chi connectivity index (χ2n) is 8.96. The van der Waals surface area contributed by atoms with E-state index < -0.39 is 6.29 Å². The van der Waals surface area contributed by atoms with Crippen molar-refractivity contribution >= 4 is 17.8 Å². The summed E-state index contributed by atoms with van der Waals surface area (Å²) in [7, 11) is 1.62. The second kappa shape index (κ2) is 10.2. The average molecular weight is 475 g/mol. The Morgan fingerprint density at radius 1 is 1.11 bits per heavy atom. The maximum Gasteiger partial charge on any atom is 0.320 e. The van der Waals surface area contributed by atoms with Crippen molar-refractivity contribution in [1.82, 2.24) is 25.7 Å². The van der Waals surface area contributed by atoms with Gasteiger partial charge in [0, 0.05) is 24.2 Å². The lowest BCUT2D eigenvalue weighted by atomic mass is 9.83. The van der Waals surface area contributed by atoms with Gasteiger partial charge in [-0.25, -0.2) is 9.48 Å². The molecule has 1 saturated carbocycles. The lowest BCUT2D eigenvalue weighted by Gasteiger charge is -2.40. The zero-order chi connectivity index (χ0) is 24.2. The summed E-state index contributed by atoms with van der Waals surface area (Å²) >= 11 is 0. The molecule has 4 N–H and O–H groups in total. The highest BCUT2D eigenvalue weighted by molar-refractivity contribution is 5.89. The van der Waals surface area contributed by atoms with Gasteiger partial charge in [0.1, 0.15) is 11.6 Å². The van der Waals surface area contributed by atoms with Gasteiger partial charge in [0.05, 0.1) is 18.7 Å². The minimum Gasteiger partial charge on any atom is -0.497 e. The van der Waals surface area contributed by atoms with Crippen LogP contribution in [0.3, 0.4) is 0 Å². The van der Waals surface area contributed by atoms with Crippen LogP contribution in [0.15, 0.2) is 60.7 Å². The molecule has 5 rings (SSSR count). The third-order valence-electron chi connectivity index (χ3n) is 6.66. The van der Waals surface area contributed by atoms with Crippen molar-refractivity contribution in [3.63, 3.8) is 0 Å². The van der Waals surface area contributed by atoms with Crippen LogP contribution in [0.5, 0.6) is 5.75 Å². The number of fused-ring (bicyclic) bond motifs is 1. The Morgan fingerprint density at radius 3 is 2.66 bits per heavy atom. The lowest BCUT2D eigenvalue weighted by molar-refractivity contribution is -0.132. The van der Waals surface area contributed by atoms with Gasteiger partial charge in [-0.2, -0.15) is 5.10 Å². The average Bonchev–Trinajstić information content (AvgIpc) is 3.32. The molecule has 1 aliphatic carbocycles. The molecule has 2 aliphatic rings. The quantitative estimate of drug-likeness (QED) is 0.436. The number of carbonyl (C=O) groups excluding carboxylic acids is 2. The molecule has 3 atom stereocenters. The normalized spacial score (nSPS) is 21.5. The Kier molecular flexibility index (Phi) is 6.67. The van der Waals surface area contributed by atoms with E-state index in [2.05, 4.69) is 21.3 Å². The fourth-order valence-corrected chi connectivity index (χ4v) is 4.78. The molecule has 0 bridgehead atoms. The van der Waals surface area contributed by atoms with Gasteiger partial charge in [0.25, 0.3) is 0 Å². The molecule has 0 spiro atoms. The van der Waals surface area contributed by atoms with Gasteiger partial charge < -0.3 is 15.4 Å². The van der Waals surface area contributed by atoms with Crippen molar-refractivity contribution in [2.45, 2.75) is 44.6 Å². The number of urea groups is 1. The molecule has 3 amide bonds. The van der Waals surface area contributed by atoms with Crippen LogP contribution in [0.4, 0.5) is 10.6 Å². The number of nitrogens with one attached hydrogen (secondary N) is 4. The number of hydrogen-bond donors (Lipinski definition) is 4. The molecular formula is C26H30N6O3. The van der Waals surface area contributed by atoms with Crippen LogP contribution < -0.4 is 26.0 Å². The highest BCUT2D eigenvalue weighted by Crippen LogP contribution is 2.31. The van der Waals surface area contributed by atoms with Gasteiger partial charge in [0.2, 0.25) is 5.91 Å². The van der Waals surface area contributed by atoms with E-state index in [4.69, 9.17) is 9.84 Å². The zero-order valence-corrected chi connectivity index (χ0v) is 19.7. The summed E-state index contributed by atoms with van der Waals surface area (Å²) in [6.07, 6.45) is 3.47. The van der Waals surface area contributed by atoms with Gasteiger partial charge >= 0.3 is 6.03 Å². The molecule has 3 aromatic rings. The standard InChI is InChI=1S/C26H30N6O3/c1-35-19-13-11-17(12-14-19)16-27-26(34)29-23-15-22(18-7-3-2-4-8-18)31-32(23)25-28-21-10-6-5-9-20(21)24(33)30-25/h2-4,7-8,11-15,20-21,25,28H,5-6,9-10,16H2,1H3,(H,30,33)(H2,27,29,34). The van der Waals surface area contributed by atoms with Crippen molar-refractivity contribution in [3.05, 3.63) is 66.2 Å². The van der Waals surface area contributed by atoms with E-state index in [0.717, 1.165) is 42.6 Å². The predicted octanol–water partition coefficient (Wildman–Crippen LogP) is 3.61. The zero-order valence-electron chi connectivity index (χ0n) is 19.7. The third-order valence-corrected chi connectivity index (χ3v) is 6.66. The van der Waals surface area contributed by atoms with E-state index in [0.29, 0.717) is 18.1 Å². The van der Waals surface area contributed by atoms with Crippen LogP contribution in [0.25, 0.3) is 11.3 Å². The molecule has 1 aliphatic heterocycles. The van der Waals surface area contributed by atoms with Gasteiger partial charge in [0.15, 0.2) is 6.29 Å². The maximum atomic E-state index is 12.8. The number of ether oxygens (including phenoxy) is 1. The minimum absolute atomic E-state index is 0.0200. The number of methoxy groups -OCH3 is 1. The summed E-state index contributed by atoms with van der Waals surface area (Å²) in [5.41, 5.74) is 2.58. The summed E-state index contributed by atoms with van der Waals surface area (Å²) in [5.74, 6) is 1.26. The number of hydrogen-bond acceptors (Lipinski definition) is 5.